The molecule has 0 bridgehead atoms. The van der Waals surface area contributed by atoms with E-state index in [0.29, 0.717) is 28.1 Å². The molecule has 2 N–H and O–H groups in total. The zero-order valence-electron chi connectivity index (χ0n) is 16.7. The molecule has 1 amide bonds. The fraction of sp³-hybridized carbons (Fsp3) is 0.200. The lowest BCUT2D eigenvalue weighted by Crippen LogP contribution is -2.52. The number of hydrogen-bond acceptors (Lipinski definition) is 3. The number of fused-ring (bicyclic) bond motifs is 1. The number of carbonyl (C=O) groups is 2. The summed E-state index contributed by atoms with van der Waals surface area (Å²) in [5.74, 6) is -2.29. The molecule has 1 aliphatic heterocycles. The molecule has 0 spiro atoms. The molecule has 3 atom stereocenters. The van der Waals surface area contributed by atoms with Gasteiger partial charge >= 0.3 is 5.97 Å². The van der Waals surface area contributed by atoms with Crippen molar-refractivity contribution in [3.63, 3.8) is 0 Å². The van der Waals surface area contributed by atoms with Crippen LogP contribution in [-0.4, -0.2) is 39.6 Å². The molecular weight excluding hydrogens is 414 g/mol. The summed E-state index contributed by atoms with van der Waals surface area (Å²) in [6, 6.07) is 21.8. The largest absolute Gasteiger partial charge is 0.481 e. The van der Waals surface area contributed by atoms with Gasteiger partial charge in [0.15, 0.2) is 0 Å². The second-order valence-electron chi connectivity index (χ2n) is 7.64. The molecule has 3 aromatic rings. The Balaban J connectivity index is 1.87. The van der Waals surface area contributed by atoms with E-state index in [1.54, 1.807) is 48.5 Å². The summed E-state index contributed by atoms with van der Waals surface area (Å²) in [4.78, 5) is 27.6. The minimum absolute atomic E-state index is 0.289. The van der Waals surface area contributed by atoms with Gasteiger partial charge in [-0.05, 0) is 41.3 Å². The Labute approximate surface area is 185 Å². The Morgan fingerprint density at radius 1 is 0.968 bits per heavy atom. The summed E-state index contributed by atoms with van der Waals surface area (Å²) >= 11 is 6.06. The number of hydrogen-bond donors (Lipinski definition) is 2. The highest BCUT2D eigenvalue weighted by Gasteiger charge is 2.46. The number of nitrogens with zero attached hydrogens (tertiary/aromatic N) is 1. The molecule has 6 heteroatoms. The maximum atomic E-state index is 13.6. The van der Waals surface area contributed by atoms with Crippen LogP contribution in [0.25, 0.3) is 0 Å². The van der Waals surface area contributed by atoms with Crippen LogP contribution in [0.2, 0.25) is 5.02 Å². The number of benzene rings is 3. The number of aliphatic hydroxyl groups excluding tert-OH is 1. The SMILES string of the molecule is O=C(O)[C@H]1c2ccccc2C(=O)N([C@H](CO)Cc2ccccc2)[C@@H]1c1ccc(Cl)cc1. The van der Waals surface area contributed by atoms with E-state index in [9.17, 15) is 19.8 Å². The average Bonchev–Trinajstić information content (AvgIpc) is 2.79. The normalized spacial score (nSPS) is 19.0. The highest BCUT2D eigenvalue weighted by molar-refractivity contribution is 6.30. The van der Waals surface area contributed by atoms with Crippen molar-refractivity contribution in [3.8, 4) is 0 Å². The van der Waals surface area contributed by atoms with Gasteiger partial charge in [-0.15, -0.1) is 0 Å². The second-order valence-corrected chi connectivity index (χ2v) is 8.07. The average molecular weight is 436 g/mol. The van der Waals surface area contributed by atoms with Crippen molar-refractivity contribution in [3.05, 3.63) is 106 Å². The van der Waals surface area contributed by atoms with E-state index in [-0.39, 0.29) is 12.5 Å². The van der Waals surface area contributed by atoms with Crippen LogP contribution in [0.15, 0.2) is 78.9 Å². The number of rotatable bonds is 6. The Morgan fingerprint density at radius 2 is 1.61 bits per heavy atom. The number of carboxylic acids is 1. The second kappa shape index (κ2) is 8.92. The van der Waals surface area contributed by atoms with Crippen LogP contribution < -0.4 is 0 Å². The lowest BCUT2D eigenvalue weighted by Gasteiger charge is -2.44. The predicted molar refractivity (Wildman–Crippen MR) is 118 cm³/mol. The topological polar surface area (TPSA) is 77.8 Å². The van der Waals surface area contributed by atoms with Crippen LogP contribution in [0.5, 0.6) is 0 Å². The van der Waals surface area contributed by atoms with Crippen molar-refractivity contribution in [1.82, 2.24) is 4.90 Å². The first-order valence-corrected chi connectivity index (χ1v) is 10.4. The van der Waals surface area contributed by atoms with Crippen LogP contribution >= 0.6 is 11.6 Å². The van der Waals surface area contributed by atoms with Crippen molar-refractivity contribution < 1.29 is 19.8 Å². The van der Waals surface area contributed by atoms with Gasteiger partial charge in [0.25, 0.3) is 5.91 Å². The Morgan fingerprint density at radius 3 is 2.26 bits per heavy atom. The molecule has 0 saturated carbocycles. The molecule has 3 aromatic carbocycles. The summed E-state index contributed by atoms with van der Waals surface area (Å²) in [6.45, 7) is -0.292. The van der Waals surface area contributed by atoms with Crippen LogP contribution in [0, 0.1) is 0 Å². The monoisotopic (exact) mass is 435 g/mol. The number of halogens is 1. The maximum absolute atomic E-state index is 13.6. The first-order chi connectivity index (χ1) is 15.0. The van der Waals surface area contributed by atoms with Crippen LogP contribution in [-0.2, 0) is 11.2 Å². The zero-order chi connectivity index (χ0) is 22.0. The van der Waals surface area contributed by atoms with Crippen molar-refractivity contribution in [2.75, 3.05) is 6.61 Å². The van der Waals surface area contributed by atoms with Crippen molar-refractivity contribution in [1.29, 1.82) is 0 Å². The number of carboxylic acid groups (broad SMARTS) is 1. The molecule has 1 heterocycles. The third kappa shape index (κ3) is 4.07. The van der Waals surface area contributed by atoms with Crippen molar-refractivity contribution >= 4 is 23.5 Å². The van der Waals surface area contributed by atoms with Crippen molar-refractivity contribution in [2.24, 2.45) is 0 Å². The lowest BCUT2D eigenvalue weighted by molar-refractivity contribution is -0.141. The van der Waals surface area contributed by atoms with Gasteiger partial charge < -0.3 is 15.1 Å². The third-order valence-electron chi connectivity index (χ3n) is 5.77. The summed E-state index contributed by atoms with van der Waals surface area (Å²) in [7, 11) is 0. The van der Waals surface area contributed by atoms with E-state index in [1.165, 1.54) is 4.90 Å². The summed E-state index contributed by atoms with van der Waals surface area (Å²) < 4.78 is 0. The first kappa shape index (κ1) is 21.1. The Kier molecular flexibility index (Phi) is 6.07. The quantitative estimate of drug-likeness (QED) is 0.604. The molecule has 1 aliphatic rings. The van der Waals surface area contributed by atoms with Gasteiger partial charge in [0, 0.05) is 10.6 Å². The molecule has 31 heavy (non-hydrogen) atoms. The van der Waals surface area contributed by atoms with Gasteiger partial charge in [-0.1, -0.05) is 72.3 Å². The fourth-order valence-corrected chi connectivity index (χ4v) is 4.50. The Hall–Kier alpha value is -3.15. The maximum Gasteiger partial charge on any atom is 0.313 e. The smallest absolute Gasteiger partial charge is 0.313 e. The van der Waals surface area contributed by atoms with Gasteiger partial charge in [-0.25, -0.2) is 0 Å². The van der Waals surface area contributed by atoms with Gasteiger partial charge in [-0.2, -0.15) is 0 Å². The molecule has 0 radical (unpaired) electrons. The summed E-state index contributed by atoms with van der Waals surface area (Å²) in [5.41, 5.74) is 2.44. The van der Waals surface area contributed by atoms with Crippen LogP contribution in [0.4, 0.5) is 0 Å². The van der Waals surface area contributed by atoms with Gasteiger partial charge in [0.05, 0.1) is 18.7 Å². The minimum Gasteiger partial charge on any atom is -0.481 e. The molecule has 5 nitrogen and oxygen atoms in total. The van der Waals surface area contributed by atoms with Gasteiger partial charge in [0.2, 0.25) is 0 Å². The summed E-state index contributed by atoms with van der Waals surface area (Å²) in [5, 5.41) is 21.0. The molecule has 0 unspecified atom stereocenters. The molecule has 158 valence electrons. The standard InChI is InChI=1S/C25H22ClNO4/c26-18-12-10-17(11-13-18)23-22(25(30)31)20-8-4-5-9-21(20)24(29)27(23)19(15-28)14-16-6-2-1-3-7-16/h1-13,19,22-23,28H,14-15H2,(H,30,31)/t19-,22-,23+/m0/s1. The molecular formula is C25H22ClNO4. The van der Waals surface area contributed by atoms with E-state index >= 15 is 0 Å². The highest BCUT2D eigenvalue weighted by atomic mass is 35.5. The van der Waals surface area contributed by atoms with Crippen LogP contribution in [0.1, 0.15) is 39.0 Å². The predicted octanol–water partition coefficient (Wildman–Crippen LogP) is 4.31. The van der Waals surface area contributed by atoms with E-state index in [2.05, 4.69) is 0 Å². The molecule has 4 rings (SSSR count). The Bertz CT molecular complexity index is 1080. The fourth-order valence-electron chi connectivity index (χ4n) is 4.37. The lowest BCUT2D eigenvalue weighted by atomic mass is 9.78. The molecule has 0 aromatic heterocycles. The summed E-state index contributed by atoms with van der Waals surface area (Å²) in [6.07, 6.45) is 0.404. The number of amides is 1. The minimum atomic E-state index is -1.03. The van der Waals surface area contributed by atoms with Gasteiger partial charge in [0.1, 0.15) is 5.92 Å². The van der Waals surface area contributed by atoms with E-state index in [4.69, 9.17) is 11.6 Å². The molecule has 0 fully saturated rings. The zero-order valence-corrected chi connectivity index (χ0v) is 17.4. The number of aliphatic carboxylic acids is 1. The van der Waals surface area contributed by atoms with Crippen molar-refractivity contribution in [2.45, 2.75) is 24.4 Å². The number of aliphatic hydroxyl groups is 1. The first-order valence-electron chi connectivity index (χ1n) is 10.1. The molecule has 0 saturated heterocycles. The van der Waals surface area contributed by atoms with Crippen LogP contribution in [0.3, 0.4) is 0 Å². The third-order valence-corrected chi connectivity index (χ3v) is 6.02. The van der Waals surface area contributed by atoms with Gasteiger partial charge in [-0.3, -0.25) is 9.59 Å². The van der Waals surface area contributed by atoms with E-state index in [0.717, 1.165) is 5.56 Å². The highest BCUT2D eigenvalue weighted by Crippen LogP contribution is 2.44. The van der Waals surface area contributed by atoms with E-state index < -0.39 is 24.0 Å². The molecule has 0 aliphatic carbocycles. The van der Waals surface area contributed by atoms with E-state index in [1.807, 2.05) is 30.3 Å². The number of carbonyl (C=O) groups excluding carboxylic acids is 1.